The van der Waals surface area contributed by atoms with E-state index < -0.39 is 17.3 Å². The molecule has 0 aliphatic carbocycles. The molecule has 2 N–H and O–H groups in total. The number of hydroxylamine groups is 1. The fraction of sp³-hybridized carbons (Fsp3) is 0.318. The molecular formula is C22H22F3N3O3. The highest BCUT2D eigenvalue weighted by atomic mass is 19.4. The Morgan fingerprint density at radius 3 is 2.52 bits per heavy atom. The lowest BCUT2D eigenvalue weighted by molar-refractivity contribution is -0.137. The zero-order valence-electron chi connectivity index (χ0n) is 16.8. The van der Waals surface area contributed by atoms with Crippen LogP contribution in [0.3, 0.4) is 0 Å². The van der Waals surface area contributed by atoms with E-state index in [0.29, 0.717) is 31.6 Å². The van der Waals surface area contributed by atoms with Gasteiger partial charge in [-0.2, -0.15) is 13.2 Å². The molecule has 0 radical (unpaired) electrons. The van der Waals surface area contributed by atoms with E-state index in [2.05, 4.69) is 10.8 Å². The Hall–Kier alpha value is -3.20. The van der Waals surface area contributed by atoms with Crippen LogP contribution in [0.25, 0.3) is 5.70 Å². The van der Waals surface area contributed by atoms with E-state index in [1.807, 2.05) is 30.3 Å². The van der Waals surface area contributed by atoms with Gasteiger partial charge < -0.3 is 15.0 Å². The second-order valence-corrected chi connectivity index (χ2v) is 7.55. The van der Waals surface area contributed by atoms with Gasteiger partial charge in [0.05, 0.1) is 18.4 Å². The Kier molecular flexibility index (Phi) is 5.53. The van der Waals surface area contributed by atoms with E-state index in [1.165, 1.54) is 12.1 Å². The molecule has 2 amide bonds. The van der Waals surface area contributed by atoms with Crippen molar-refractivity contribution < 1.29 is 27.5 Å². The lowest BCUT2D eigenvalue weighted by atomic mass is 9.90. The smallest absolute Gasteiger partial charge is 0.416 e. The first-order valence-corrected chi connectivity index (χ1v) is 9.82. The van der Waals surface area contributed by atoms with E-state index >= 15 is 0 Å². The molecule has 0 atom stereocenters. The predicted molar refractivity (Wildman–Crippen MR) is 109 cm³/mol. The molecule has 1 spiro atoms. The lowest BCUT2D eigenvalue weighted by Crippen LogP contribution is -2.48. The number of piperidine rings is 1. The summed E-state index contributed by atoms with van der Waals surface area (Å²) in [6.07, 6.45) is -1.19. The van der Waals surface area contributed by atoms with Crippen molar-refractivity contribution in [2.45, 2.75) is 24.6 Å². The molecule has 2 aromatic rings. The van der Waals surface area contributed by atoms with Crippen molar-refractivity contribution in [3.8, 4) is 5.75 Å². The number of alkyl halides is 3. The van der Waals surface area contributed by atoms with Gasteiger partial charge in [0, 0.05) is 37.2 Å². The number of hydrogen-bond donors (Lipinski definition) is 2. The van der Waals surface area contributed by atoms with E-state index in [0.717, 1.165) is 29.1 Å². The number of urea groups is 1. The summed E-state index contributed by atoms with van der Waals surface area (Å²) in [4.78, 5) is 20.0. The molecule has 0 saturated carbocycles. The van der Waals surface area contributed by atoms with Gasteiger partial charge in [-0.05, 0) is 42.5 Å². The number of nitrogens with one attached hydrogen (secondary N) is 2. The average molecular weight is 433 g/mol. The Morgan fingerprint density at radius 1 is 1.16 bits per heavy atom. The topological polar surface area (TPSA) is 62.8 Å². The molecule has 0 aromatic heterocycles. The van der Waals surface area contributed by atoms with Gasteiger partial charge in [-0.3, -0.25) is 10.3 Å². The standard InChI is InChI=1S/C22H22F3N3O3/c1-30-18-4-2-3-15(13-18)19-14-21(31-27-19)9-11-28(12-10-21)20(29)26-17-7-5-16(6-8-17)22(23,24)25/h2-8,13-14,27H,9-12H2,1H3,(H,26,29). The highest BCUT2D eigenvalue weighted by Crippen LogP contribution is 2.35. The van der Waals surface area contributed by atoms with Crippen molar-refractivity contribution in [3.05, 3.63) is 65.7 Å². The van der Waals surface area contributed by atoms with Crippen LogP contribution in [0.5, 0.6) is 5.75 Å². The van der Waals surface area contributed by atoms with E-state index in [9.17, 15) is 18.0 Å². The monoisotopic (exact) mass is 433 g/mol. The van der Waals surface area contributed by atoms with Crippen molar-refractivity contribution in [1.82, 2.24) is 10.4 Å². The van der Waals surface area contributed by atoms with Gasteiger partial charge in [0.2, 0.25) is 0 Å². The summed E-state index contributed by atoms with van der Waals surface area (Å²) in [5, 5.41) is 2.65. The first-order chi connectivity index (χ1) is 14.8. The molecule has 1 fully saturated rings. The number of carbonyl (C=O) groups is 1. The molecule has 2 aromatic carbocycles. The third-order valence-electron chi connectivity index (χ3n) is 5.51. The molecule has 2 heterocycles. The number of hydrogen-bond acceptors (Lipinski definition) is 4. The summed E-state index contributed by atoms with van der Waals surface area (Å²) in [6.45, 7) is 0.909. The van der Waals surface area contributed by atoms with E-state index in [1.54, 1.807) is 12.0 Å². The number of halogens is 3. The molecule has 0 unspecified atom stereocenters. The van der Waals surface area contributed by atoms with Crippen LogP contribution in [0.15, 0.2) is 54.6 Å². The number of anilines is 1. The number of rotatable bonds is 3. The average Bonchev–Trinajstić information content (AvgIpc) is 3.17. The molecule has 4 rings (SSSR count). The number of nitrogens with zero attached hydrogens (tertiary/aromatic N) is 1. The van der Waals surface area contributed by atoms with Gasteiger partial charge in [-0.15, -0.1) is 0 Å². The number of methoxy groups -OCH3 is 1. The number of ether oxygens (including phenoxy) is 1. The highest BCUT2D eigenvalue weighted by Gasteiger charge is 2.40. The second kappa shape index (κ2) is 8.14. The number of benzene rings is 2. The molecule has 6 nitrogen and oxygen atoms in total. The summed E-state index contributed by atoms with van der Waals surface area (Å²) in [5.74, 6) is 0.746. The van der Waals surface area contributed by atoms with E-state index in [4.69, 9.17) is 9.57 Å². The molecule has 2 aliphatic heterocycles. The Balaban J connectivity index is 1.36. The van der Waals surface area contributed by atoms with Crippen LogP contribution in [-0.2, 0) is 11.0 Å². The minimum atomic E-state index is -4.41. The molecule has 9 heteroatoms. The van der Waals surface area contributed by atoms with Crippen molar-refractivity contribution >= 4 is 17.4 Å². The van der Waals surface area contributed by atoms with Gasteiger partial charge in [-0.1, -0.05) is 12.1 Å². The van der Waals surface area contributed by atoms with Gasteiger partial charge in [0.25, 0.3) is 0 Å². The van der Waals surface area contributed by atoms with E-state index in [-0.39, 0.29) is 6.03 Å². The van der Waals surface area contributed by atoms with Crippen LogP contribution in [0.4, 0.5) is 23.7 Å². The quantitative estimate of drug-likeness (QED) is 0.739. The second-order valence-electron chi connectivity index (χ2n) is 7.55. The van der Waals surface area contributed by atoms with Gasteiger partial charge in [-0.25, -0.2) is 4.79 Å². The maximum absolute atomic E-state index is 12.7. The van der Waals surface area contributed by atoms with Crippen LogP contribution in [0, 0.1) is 0 Å². The molecule has 1 saturated heterocycles. The number of amides is 2. The van der Waals surface area contributed by atoms with Crippen LogP contribution in [0.2, 0.25) is 0 Å². The highest BCUT2D eigenvalue weighted by molar-refractivity contribution is 5.89. The lowest BCUT2D eigenvalue weighted by Gasteiger charge is -2.36. The van der Waals surface area contributed by atoms with Crippen molar-refractivity contribution in [2.75, 3.05) is 25.5 Å². The largest absolute Gasteiger partial charge is 0.497 e. The maximum atomic E-state index is 12.7. The van der Waals surface area contributed by atoms with Crippen molar-refractivity contribution in [3.63, 3.8) is 0 Å². The minimum absolute atomic E-state index is 0.317. The predicted octanol–water partition coefficient (Wildman–Crippen LogP) is 4.66. The summed E-state index contributed by atoms with van der Waals surface area (Å²) < 4.78 is 43.3. The molecule has 164 valence electrons. The number of carbonyl (C=O) groups excluding carboxylic acids is 1. The summed E-state index contributed by atoms with van der Waals surface area (Å²) in [5.41, 5.74) is 3.82. The Morgan fingerprint density at radius 2 is 1.87 bits per heavy atom. The SMILES string of the molecule is COc1cccc(C2=CC3(CCN(C(=O)Nc4ccc(C(F)(F)F)cc4)CC3)ON2)c1. The Bertz CT molecular complexity index is 981. The first-order valence-electron chi connectivity index (χ1n) is 9.82. The summed E-state index contributed by atoms with van der Waals surface area (Å²) in [7, 11) is 1.61. The molecule has 2 aliphatic rings. The fourth-order valence-corrected chi connectivity index (χ4v) is 3.69. The molecule has 0 bridgehead atoms. The molecule has 31 heavy (non-hydrogen) atoms. The van der Waals surface area contributed by atoms with Crippen LogP contribution >= 0.6 is 0 Å². The van der Waals surface area contributed by atoms with Gasteiger partial charge in [0.15, 0.2) is 0 Å². The van der Waals surface area contributed by atoms with Crippen LogP contribution in [-0.4, -0.2) is 36.7 Å². The zero-order valence-corrected chi connectivity index (χ0v) is 16.8. The van der Waals surface area contributed by atoms with Gasteiger partial charge >= 0.3 is 12.2 Å². The molecular weight excluding hydrogens is 411 g/mol. The van der Waals surface area contributed by atoms with Crippen molar-refractivity contribution in [1.29, 1.82) is 0 Å². The zero-order chi connectivity index (χ0) is 22.1. The first kappa shape index (κ1) is 21.0. The number of likely N-dealkylation sites (tertiary alicyclic amines) is 1. The third kappa shape index (κ3) is 4.61. The Labute approximate surface area is 177 Å². The normalized spacial score (nSPS) is 17.8. The fourth-order valence-electron chi connectivity index (χ4n) is 3.69. The summed E-state index contributed by atoms with van der Waals surface area (Å²) in [6, 6.07) is 11.7. The van der Waals surface area contributed by atoms with Crippen LogP contribution in [0.1, 0.15) is 24.0 Å². The van der Waals surface area contributed by atoms with Gasteiger partial charge in [0.1, 0.15) is 11.4 Å². The van der Waals surface area contributed by atoms with Crippen molar-refractivity contribution in [2.24, 2.45) is 0 Å². The third-order valence-corrected chi connectivity index (χ3v) is 5.51. The maximum Gasteiger partial charge on any atom is 0.416 e. The summed E-state index contributed by atoms with van der Waals surface area (Å²) >= 11 is 0. The van der Waals surface area contributed by atoms with Crippen LogP contribution < -0.4 is 15.5 Å². The minimum Gasteiger partial charge on any atom is -0.497 e.